The van der Waals surface area contributed by atoms with Gasteiger partial charge in [-0.3, -0.25) is 4.79 Å². The Hall–Kier alpha value is -0.570. The number of hydrogen-bond acceptors (Lipinski definition) is 2. The van der Waals surface area contributed by atoms with Crippen molar-refractivity contribution in [1.82, 2.24) is 5.32 Å². The van der Waals surface area contributed by atoms with Crippen molar-refractivity contribution in [2.75, 3.05) is 13.2 Å². The molecule has 0 bridgehead atoms. The van der Waals surface area contributed by atoms with Gasteiger partial charge in [-0.25, -0.2) is 0 Å². The van der Waals surface area contributed by atoms with Gasteiger partial charge in [0.15, 0.2) is 0 Å². The van der Waals surface area contributed by atoms with Crippen LogP contribution in [0.5, 0.6) is 0 Å². The zero-order valence-corrected chi connectivity index (χ0v) is 7.09. The van der Waals surface area contributed by atoms with Gasteiger partial charge in [0, 0.05) is 5.92 Å². The average molecular weight is 157 g/mol. The molecule has 0 spiro atoms. The Labute approximate surface area is 67.1 Å². The fourth-order valence-corrected chi connectivity index (χ4v) is 0.848. The summed E-state index contributed by atoms with van der Waals surface area (Å²) in [6.45, 7) is 5.32. The molecule has 1 heterocycles. The Bertz CT molecular complexity index is 143. The van der Waals surface area contributed by atoms with Gasteiger partial charge in [0.1, 0.15) is 0 Å². The van der Waals surface area contributed by atoms with Crippen LogP contribution in [-0.4, -0.2) is 25.2 Å². The lowest BCUT2D eigenvalue weighted by atomic mass is 10.1. The SMILES string of the molecule is CC[C@H](C)C(=O)NC1COC1. The number of nitrogens with one attached hydrogen (secondary N) is 1. The van der Waals surface area contributed by atoms with Crippen LogP contribution in [-0.2, 0) is 9.53 Å². The van der Waals surface area contributed by atoms with Gasteiger partial charge in [0.2, 0.25) is 5.91 Å². The Balaban J connectivity index is 2.19. The second kappa shape index (κ2) is 3.72. The van der Waals surface area contributed by atoms with Gasteiger partial charge in [-0.15, -0.1) is 0 Å². The highest BCUT2D eigenvalue weighted by Crippen LogP contribution is 2.04. The molecule has 1 saturated heterocycles. The third-order valence-electron chi connectivity index (χ3n) is 2.04. The number of amides is 1. The number of carbonyl (C=O) groups excluding carboxylic acids is 1. The maximum atomic E-state index is 11.2. The molecule has 11 heavy (non-hydrogen) atoms. The van der Waals surface area contributed by atoms with E-state index in [1.807, 2.05) is 13.8 Å². The first-order chi connectivity index (χ1) is 5.24. The summed E-state index contributed by atoms with van der Waals surface area (Å²) >= 11 is 0. The van der Waals surface area contributed by atoms with Crippen LogP contribution in [0.4, 0.5) is 0 Å². The topological polar surface area (TPSA) is 38.3 Å². The molecule has 64 valence electrons. The first kappa shape index (κ1) is 8.53. The van der Waals surface area contributed by atoms with Crippen molar-refractivity contribution < 1.29 is 9.53 Å². The van der Waals surface area contributed by atoms with Crippen LogP contribution in [0.25, 0.3) is 0 Å². The van der Waals surface area contributed by atoms with Crippen molar-refractivity contribution in [3.05, 3.63) is 0 Å². The van der Waals surface area contributed by atoms with Crippen LogP contribution in [0, 0.1) is 5.92 Å². The molecule has 3 heteroatoms. The lowest BCUT2D eigenvalue weighted by molar-refractivity contribution is -0.128. The van der Waals surface area contributed by atoms with Gasteiger partial charge in [-0.05, 0) is 6.42 Å². The second-order valence-electron chi connectivity index (χ2n) is 3.05. The van der Waals surface area contributed by atoms with Crippen LogP contribution in [0.3, 0.4) is 0 Å². The third-order valence-corrected chi connectivity index (χ3v) is 2.04. The minimum Gasteiger partial charge on any atom is -0.377 e. The molecule has 1 atom stereocenters. The third kappa shape index (κ3) is 2.19. The van der Waals surface area contributed by atoms with E-state index in [4.69, 9.17) is 4.74 Å². The molecule has 0 aromatic carbocycles. The first-order valence-corrected chi connectivity index (χ1v) is 4.12. The highest BCUT2D eigenvalue weighted by atomic mass is 16.5. The maximum Gasteiger partial charge on any atom is 0.223 e. The van der Waals surface area contributed by atoms with E-state index in [1.165, 1.54) is 0 Å². The Kier molecular flexibility index (Phi) is 2.88. The van der Waals surface area contributed by atoms with Gasteiger partial charge in [0.05, 0.1) is 19.3 Å². The van der Waals surface area contributed by atoms with Crippen LogP contribution >= 0.6 is 0 Å². The summed E-state index contributed by atoms with van der Waals surface area (Å²) < 4.78 is 4.93. The molecule has 3 nitrogen and oxygen atoms in total. The summed E-state index contributed by atoms with van der Waals surface area (Å²) in [5.41, 5.74) is 0. The van der Waals surface area contributed by atoms with Gasteiger partial charge in [-0.1, -0.05) is 13.8 Å². The largest absolute Gasteiger partial charge is 0.377 e. The predicted molar refractivity (Wildman–Crippen MR) is 42.2 cm³/mol. The quantitative estimate of drug-likeness (QED) is 0.649. The lowest BCUT2D eigenvalue weighted by Crippen LogP contribution is -2.49. The molecule has 0 unspecified atom stereocenters. The van der Waals surface area contributed by atoms with E-state index >= 15 is 0 Å². The minimum absolute atomic E-state index is 0.135. The summed E-state index contributed by atoms with van der Waals surface area (Å²) in [5, 5.41) is 2.90. The van der Waals surface area contributed by atoms with Crippen LogP contribution in [0.15, 0.2) is 0 Å². The van der Waals surface area contributed by atoms with E-state index in [0.717, 1.165) is 6.42 Å². The molecular weight excluding hydrogens is 142 g/mol. The summed E-state index contributed by atoms with van der Waals surface area (Å²) in [7, 11) is 0. The Morgan fingerprint density at radius 1 is 1.73 bits per heavy atom. The first-order valence-electron chi connectivity index (χ1n) is 4.12. The van der Waals surface area contributed by atoms with Gasteiger partial charge in [-0.2, -0.15) is 0 Å². The normalized spacial score (nSPS) is 20.5. The molecule has 1 N–H and O–H groups in total. The van der Waals surface area contributed by atoms with E-state index in [-0.39, 0.29) is 17.9 Å². The van der Waals surface area contributed by atoms with Gasteiger partial charge >= 0.3 is 0 Å². The standard InChI is InChI=1S/C8H15NO2/c1-3-6(2)8(10)9-7-4-11-5-7/h6-7H,3-5H2,1-2H3,(H,9,10)/t6-/m0/s1. The van der Waals surface area contributed by atoms with Crippen molar-refractivity contribution in [3.63, 3.8) is 0 Å². The Morgan fingerprint density at radius 3 is 2.73 bits per heavy atom. The predicted octanol–water partition coefficient (Wildman–Crippen LogP) is 0.547. The minimum atomic E-state index is 0.135. The molecule has 1 aliphatic heterocycles. The molecule has 0 aromatic rings. The van der Waals surface area contributed by atoms with E-state index in [9.17, 15) is 4.79 Å². The van der Waals surface area contributed by atoms with Crippen LogP contribution in [0.1, 0.15) is 20.3 Å². The van der Waals surface area contributed by atoms with Gasteiger partial charge in [0.25, 0.3) is 0 Å². The molecule has 1 aliphatic rings. The van der Waals surface area contributed by atoms with E-state index < -0.39 is 0 Å². The second-order valence-corrected chi connectivity index (χ2v) is 3.05. The molecule has 0 saturated carbocycles. The maximum absolute atomic E-state index is 11.2. The molecule has 1 rings (SSSR count). The number of rotatable bonds is 3. The molecule has 1 fully saturated rings. The number of hydrogen-bond donors (Lipinski definition) is 1. The van der Waals surface area contributed by atoms with E-state index in [2.05, 4.69) is 5.32 Å². The monoisotopic (exact) mass is 157 g/mol. The molecule has 1 amide bonds. The summed E-state index contributed by atoms with van der Waals surface area (Å²) in [6, 6.07) is 0.275. The fourth-order valence-electron chi connectivity index (χ4n) is 0.848. The summed E-state index contributed by atoms with van der Waals surface area (Å²) in [6.07, 6.45) is 0.902. The fraction of sp³-hybridized carbons (Fsp3) is 0.875. The van der Waals surface area contributed by atoms with Crippen LogP contribution in [0.2, 0.25) is 0 Å². The zero-order chi connectivity index (χ0) is 8.27. The number of carbonyl (C=O) groups is 1. The van der Waals surface area contributed by atoms with Crippen molar-refractivity contribution in [2.24, 2.45) is 5.92 Å². The van der Waals surface area contributed by atoms with Gasteiger partial charge < -0.3 is 10.1 Å². The summed E-state index contributed by atoms with van der Waals surface area (Å²) in [4.78, 5) is 11.2. The van der Waals surface area contributed by atoms with E-state index in [1.54, 1.807) is 0 Å². The molecule has 0 aromatic heterocycles. The van der Waals surface area contributed by atoms with Crippen molar-refractivity contribution in [3.8, 4) is 0 Å². The summed E-state index contributed by atoms with van der Waals surface area (Å²) in [5.74, 6) is 0.288. The highest BCUT2D eigenvalue weighted by molar-refractivity contribution is 5.78. The highest BCUT2D eigenvalue weighted by Gasteiger charge is 2.21. The lowest BCUT2D eigenvalue weighted by Gasteiger charge is -2.27. The zero-order valence-electron chi connectivity index (χ0n) is 7.09. The number of ether oxygens (including phenoxy) is 1. The van der Waals surface area contributed by atoms with Crippen molar-refractivity contribution in [1.29, 1.82) is 0 Å². The Morgan fingerprint density at radius 2 is 2.36 bits per heavy atom. The van der Waals surface area contributed by atoms with Crippen molar-refractivity contribution in [2.45, 2.75) is 26.3 Å². The molecule has 0 aliphatic carbocycles. The molecular formula is C8H15NO2. The smallest absolute Gasteiger partial charge is 0.223 e. The molecule has 0 radical (unpaired) electrons. The van der Waals surface area contributed by atoms with E-state index in [0.29, 0.717) is 13.2 Å². The van der Waals surface area contributed by atoms with Crippen molar-refractivity contribution >= 4 is 5.91 Å². The van der Waals surface area contributed by atoms with Crippen LogP contribution < -0.4 is 5.32 Å². The average Bonchev–Trinajstić information content (AvgIpc) is 1.94.